The van der Waals surface area contributed by atoms with Crippen LogP contribution in [0.5, 0.6) is 0 Å². The van der Waals surface area contributed by atoms with Crippen LogP contribution in [0.1, 0.15) is 35.7 Å². The summed E-state index contributed by atoms with van der Waals surface area (Å²) in [6.45, 7) is 4.63. The molecule has 0 aliphatic heterocycles. The van der Waals surface area contributed by atoms with Crippen molar-refractivity contribution >= 4 is 22.9 Å². The summed E-state index contributed by atoms with van der Waals surface area (Å²) in [6, 6.07) is 10.1. The maximum Gasteiger partial charge on any atom is 0.376 e. The molecule has 0 fully saturated rings. The number of nitrogens with one attached hydrogen (secondary N) is 1. The van der Waals surface area contributed by atoms with Crippen molar-refractivity contribution in [1.29, 1.82) is 0 Å². The molecule has 0 amide bonds. The van der Waals surface area contributed by atoms with Crippen molar-refractivity contribution in [3.63, 3.8) is 0 Å². The fraction of sp³-hybridized carbons (Fsp3) is 0.333. The van der Waals surface area contributed by atoms with E-state index in [0.29, 0.717) is 24.2 Å². The third kappa shape index (κ3) is 3.76. The summed E-state index contributed by atoms with van der Waals surface area (Å²) in [4.78, 5) is 20.4. The summed E-state index contributed by atoms with van der Waals surface area (Å²) in [7, 11) is 0. The van der Waals surface area contributed by atoms with Crippen LogP contribution >= 0.6 is 0 Å². The van der Waals surface area contributed by atoms with Crippen LogP contribution in [0.2, 0.25) is 0 Å². The standard InChI is InChI=1S/C18H20N4O3/c1-3-13-14-15(19-11-10-12-8-6-5-7-9-12)20-16(18(23)24-4-2)21-17(14)25-22-13/h5-9H,3-4,10-11H2,1-2H3,(H,19,20,21). The van der Waals surface area contributed by atoms with E-state index in [9.17, 15) is 4.79 Å². The Balaban J connectivity index is 1.87. The molecule has 0 atom stereocenters. The molecule has 0 unspecified atom stereocenters. The fourth-order valence-corrected chi connectivity index (χ4v) is 2.54. The van der Waals surface area contributed by atoms with E-state index in [2.05, 4.69) is 32.6 Å². The number of rotatable bonds is 7. The van der Waals surface area contributed by atoms with Gasteiger partial charge in [-0.1, -0.05) is 42.4 Å². The average molecular weight is 340 g/mol. The molecule has 7 nitrogen and oxygen atoms in total. The first-order chi connectivity index (χ1) is 12.2. The number of benzene rings is 1. The number of aromatic nitrogens is 3. The minimum absolute atomic E-state index is 0.0321. The monoisotopic (exact) mass is 340 g/mol. The van der Waals surface area contributed by atoms with E-state index >= 15 is 0 Å². The van der Waals surface area contributed by atoms with Gasteiger partial charge in [0.05, 0.1) is 12.3 Å². The summed E-state index contributed by atoms with van der Waals surface area (Å²) in [5.41, 5.74) is 2.26. The van der Waals surface area contributed by atoms with E-state index in [1.54, 1.807) is 6.92 Å². The molecule has 2 aromatic heterocycles. The summed E-state index contributed by atoms with van der Waals surface area (Å²) in [5, 5.41) is 8.00. The number of ether oxygens (including phenoxy) is 1. The molecule has 0 bridgehead atoms. The van der Waals surface area contributed by atoms with Gasteiger partial charge in [0.2, 0.25) is 5.82 Å². The third-order valence-electron chi connectivity index (χ3n) is 3.75. The highest BCUT2D eigenvalue weighted by Crippen LogP contribution is 2.25. The highest BCUT2D eigenvalue weighted by Gasteiger charge is 2.20. The lowest BCUT2D eigenvalue weighted by Gasteiger charge is -2.08. The highest BCUT2D eigenvalue weighted by molar-refractivity contribution is 5.93. The van der Waals surface area contributed by atoms with Gasteiger partial charge in [-0.25, -0.2) is 9.78 Å². The van der Waals surface area contributed by atoms with E-state index in [4.69, 9.17) is 9.26 Å². The van der Waals surface area contributed by atoms with E-state index in [0.717, 1.165) is 12.1 Å². The van der Waals surface area contributed by atoms with Gasteiger partial charge in [0.1, 0.15) is 11.2 Å². The summed E-state index contributed by atoms with van der Waals surface area (Å²) in [5.74, 6) is -0.0672. The number of hydrogen-bond donors (Lipinski definition) is 1. The molecule has 7 heteroatoms. The number of nitrogens with zero attached hydrogens (tertiary/aromatic N) is 3. The predicted octanol–water partition coefficient (Wildman–Crippen LogP) is 3.01. The van der Waals surface area contributed by atoms with Crippen LogP contribution in [0, 0.1) is 0 Å². The fourth-order valence-electron chi connectivity index (χ4n) is 2.54. The van der Waals surface area contributed by atoms with Crippen LogP contribution in [0.25, 0.3) is 11.1 Å². The minimum atomic E-state index is -0.579. The Hall–Kier alpha value is -2.96. The van der Waals surface area contributed by atoms with Gasteiger partial charge in [0.15, 0.2) is 0 Å². The van der Waals surface area contributed by atoms with Gasteiger partial charge in [-0.05, 0) is 25.3 Å². The van der Waals surface area contributed by atoms with Crippen molar-refractivity contribution < 1.29 is 14.1 Å². The number of carbonyl (C=O) groups excluding carboxylic acids is 1. The zero-order valence-corrected chi connectivity index (χ0v) is 14.3. The molecule has 1 aromatic carbocycles. The zero-order valence-electron chi connectivity index (χ0n) is 14.3. The molecule has 0 aliphatic carbocycles. The summed E-state index contributed by atoms with van der Waals surface area (Å²) < 4.78 is 10.3. The largest absolute Gasteiger partial charge is 0.460 e. The first-order valence-electron chi connectivity index (χ1n) is 8.34. The molecule has 0 radical (unpaired) electrons. The number of esters is 1. The Morgan fingerprint density at radius 3 is 2.72 bits per heavy atom. The van der Waals surface area contributed by atoms with Crippen molar-refractivity contribution in [3.05, 3.63) is 47.4 Å². The second kappa shape index (κ2) is 7.74. The number of hydrogen-bond acceptors (Lipinski definition) is 7. The summed E-state index contributed by atoms with van der Waals surface area (Å²) in [6.07, 6.45) is 1.51. The van der Waals surface area contributed by atoms with Crippen molar-refractivity contribution in [2.45, 2.75) is 26.7 Å². The van der Waals surface area contributed by atoms with Crippen molar-refractivity contribution in [1.82, 2.24) is 15.1 Å². The van der Waals surface area contributed by atoms with Crippen LogP contribution < -0.4 is 5.32 Å². The molecule has 0 saturated carbocycles. The maximum absolute atomic E-state index is 12.0. The van der Waals surface area contributed by atoms with Gasteiger partial charge in [0, 0.05) is 6.54 Å². The van der Waals surface area contributed by atoms with Gasteiger partial charge >= 0.3 is 5.97 Å². The molecule has 3 rings (SSSR count). The predicted molar refractivity (Wildman–Crippen MR) is 93.6 cm³/mol. The van der Waals surface area contributed by atoms with Crippen LogP contribution in [-0.2, 0) is 17.6 Å². The zero-order chi connectivity index (χ0) is 17.6. The maximum atomic E-state index is 12.0. The highest BCUT2D eigenvalue weighted by atomic mass is 16.5. The molecule has 130 valence electrons. The van der Waals surface area contributed by atoms with Gasteiger partial charge in [-0.15, -0.1) is 0 Å². The normalized spacial score (nSPS) is 10.8. The van der Waals surface area contributed by atoms with E-state index in [1.807, 2.05) is 25.1 Å². The Labute approximate surface area is 145 Å². The number of carbonyl (C=O) groups is 1. The lowest BCUT2D eigenvalue weighted by atomic mass is 10.1. The van der Waals surface area contributed by atoms with Crippen LogP contribution in [0.15, 0.2) is 34.9 Å². The number of aryl methyl sites for hydroxylation is 1. The molecule has 0 aliphatic rings. The minimum Gasteiger partial charge on any atom is -0.460 e. The lowest BCUT2D eigenvalue weighted by molar-refractivity contribution is 0.0512. The second-order valence-corrected chi connectivity index (χ2v) is 5.44. The molecule has 2 heterocycles. The third-order valence-corrected chi connectivity index (χ3v) is 3.75. The van der Waals surface area contributed by atoms with Gasteiger partial charge in [0.25, 0.3) is 5.71 Å². The van der Waals surface area contributed by atoms with Crippen molar-refractivity contribution in [3.8, 4) is 0 Å². The van der Waals surface area contributed by atoms with Gasteiger partial charge < -0.3 is 14.6 Å². The number of anilines is 1. The summed E-state index contributed by atoms with van der Waals surface area (Å²) >= 11 is 0. The lowest BCUT2D eigenvalue weighted by Crippen LogP contribution is -2.13. The Kier molecular flexibility index (Phi) is 5.23. The molecular weight excluding hydrogens is 320 g/mol. The quantitative estimate of drug-likeness (QED) is 0.661. The van der Waals surface area contributed by atoms with E-state index < -0.39 is 5.97 Å². The molecule has 0 saturated heterocycles. The first-order valence-corrected chi connectivity index (χ1v) is 8.34. The average Bonchev–Trinajstić information content (AvgIpc) is 3.06. The Bertz CT molecular complexity index is 861. The van der Waals surface area contributed by atoms with Crippen molar-refractivity contribution in [2.75, 3.05) is 18.5 Å². The topological polar surface area (TPSA) is 90.1 Å². The van der Waals surface area contributed by atoms with Crippen molar-refractivity contribution in [2.24, 2.45) is 0 Å². The number of fused-ring (bicyclic) bond motifs is 1. The smallest absolute Gasteiger partial charge is 0.376 e. The van der Waals surface area contributed by atoms with Gasteiger partial charge in [-0.2, -0.15) is 4.98 Å². The molecular formula is C18H20N4O3. The molecule has 0 spiro atoms. The van der Waals surface area contributed by atoms with Gasteiger partial charge in [-0.3, -0.25) is 0 Å². The molecule has 25 heavy (non-hydrogen) atoms. The van der Waals surface area contributed by atoms with Crippen LogP contribution in [0.3, 0.4) is 0 Å². The van der Waals surface area contributed by atoms with E-state index in [1.165, 1.54) is 5.56 Å². The van der Waals surface area contributed by atoms with Crippen LogP contribution in [-0.4, -0.2) is 34.2 Å². The molecule has 1 N–H and O–H groups in total. The Morgan fingerprint density at radius 1 is 1.20 bits per heavy atom. The van der Waals surface area contributed by atoms with Crippen LogP contribution in [0.4, 0.5) is 5.82 Å². The SMILES string of the molecule is CCOC(=O)c1nc(NCCc2ccccc2)c2c(CC)noc2n1. The molecule has 3 aromatic rings. The second-order valence-electron chi connectivity index (χ2n) is 5.44. The Morgan fingerprint density at radius 2 is 2.00 bits per heavy atom. The van der Waals surface area contributed by atoms with E-state index in [-0.39, 0.29) is 18.1 Å². The first kappa shape index (κ1) is 16.9.